The fourth-order valence-electron chi connectivity index (χ4n) is 1.77. The molecule has 4 heteroatoms. The van der Waals surface area contributed by atoms with Gasteiger partial charge in [-0.25, -0.2) is 0 Å². The molecule has 0 bridgehead atoms. The third kappa shape index (κ3) is 2.59. The van der Waals surface area contributed by atoms with Crippen molar-refractivity contribution in [3.05, 3.63) is 51.2 Å². The summed E-state index contributed by atoms with van der Waals surface area (Å²) in [7, 11) is 0. The fourth-order valence-corrected chi connectivity index (χ4v) is 1.93. The summed E-state index contributed by atoms with van der Waals surface area (Å²) in [6.07, 6.45) is 1.65. The zero-order valence-electron chi connectivity index (χ0n) is 10.7. The average molecular weight is 260 g/mol. The van der Waals surface area contributed by atoms with Crippen LogP contribution in [-0.2, 0) is 5.41 Å². The van der Waals surface area contributed by atoms with Gasteiger partial charge in [-0.2, -0.15) is 0 Å². The first-order valence-corrected chi connectivity index (χ1v) is 6.22. The summed E-state index contributed by atoms with van der Waals surface area (Å²) in [5.74, 6) is 0. The molecule has 1 aromatic carbocycles. The zero-order chi connectivity index (χ0) is 13.3. The molecule has 0 fully saturated rings. The summed E-state index contributed by atoms with van der Waals surface area (Å²) in [6, 6.07) is 8.02. The number of benzene rings is 1. The predicted octanol–water partition coefficient (Wildman–Crippen LogP) is 3.40. The van der Waals surface area contributed by atoms with Crippen LogP contribution in [0.5, 0.6) is 0 Å². The van der Waals surface area contributed by atoms with Crippen molar-refractivity contribution in [2.24, 2.45) is 0 Å². The van der Waals surface area contributed by atoms with Gasteiger partial charge in [0.05, 0.1) is 5.56 Å². The largest absolute Gasteiger partial charge is 0.338 e. The minimum atomic E-state index is -0.165. The quantitative estimate of drug-likeness (QED) is 0.772. The van der Waals surface area contributed by atoms with Crippen LogP contribution in [-0.4, -0.2) is 9.97 Å². The number of H-pyrrole nitrogens is 2. The van der Waals surface area contributed by atoms with Crippen LogP contribution in [0.25, 0.3) is 11.1 Å². The van der Waals surface area contributed by atoms with Gasteiger partial charge in [0.25, 0.3) is 5.56 Å². The number of hydrogen-bond donors (Lipinski definition) is 2. The Hall–Kier alpha value is -1.68. The first-order valence-electron chi connectivity index (χ1n) is 5.81. The van der Waals surface area contributed by atoms with Gasteiger partial charge in [0.2, 0.25) is 0 Å². The molecule has 3 nitrogen and oxygen atoms in total. The maximum absolute atomic E-state index is 11.8. The van der Waals surface area contributed by atoms with E-state index in [1.165, 1.54) is 5.56 Å². The minimum Gasteiger partial charge on any atom is -0.338 e. The summed E-state index contributed by atoms with van der Waals surface area (Å²) in [6.45, 7) is 6.48. The van der Waals surface area contributed by atoms with E-state index in [9.17, 15) is 4.79 Å². The van der Waals surface area contributed by atoms with Gasteiger partial charge >= 0.3 is 0 Å². The molecule has 2 rings (SSSR count). The molecule has 1 heterocycles. The van der Waals surface area contributed by atoms with E-state index in [4.69, 9.17) is 12.2 Å². The minimum absolute atomic E-state index is 0.113. The highest BCUT2D eigenvalue weighted by molar-refractivity contribution is 7.71. The van der Waals surface area contributed by atoms with Crippen LogP contribution < -0.4 is 5.56 Å². The van der Waals surface area contributed by atoms with E-state index in [-0.39, 0.29) is 11.0 Å². The van der Waals surface area contributed by atoms with Crippen LogP contribution in [0, 0.1) is 4.77 Å². The molecule has 0 aliphatic heterocycles. The Morgan fingerprint density at radius 1 is 1.11 bits per heavy atom. The van der Waals surface area contributed by atoms with Crippen molar-refractivity contribution >= 4 is 12.2 Å². The number of nitrogens with one attached hydrogen (secondary N) is 2. The lowest BCUT2D eigenvalue weighted by molar-refractivity contribution is 0.590. The summed E-state index contributed by atoms with van der Waals surface area (Å²) in [5, 5.41) is 0. The molecule has 2 aromatic rings. The Morgan fingerprint density at radius 3 is 2.22 bits per heavy atom. The van der Waals surface area contributed by atoms with E-state index in [2.05, 4.69) is 42.9 Å². The van der Waals surface area contributed by atoms with Crippen molar-refractivity contribution in [2.45, 2.75) is 26.2 Å². The van der Waals surface area contributed by atoms with Crippen molar-refractivity contribution in [1.82, 2.24) is 9.97 Å². The van der Waals surface area contributed by atoms with E-state index in [1.807, 2.05) is 12.1 Å². The van der Waals surface area contributed by atoms with Gasteiger partial charge in [0.1, 0.15) is 0 Å². The molecule has 0 spiro atoms. The molecular formula is C14H16N2OS. The van der Waals surface area contributed by atoms with Gasteiger partial charge in [-0.3, -0.25) is 9.78 Å². The molecule has 18 heavy (non-hydrogen) atoms. The van der Waals surface area contributed by atoms with Crippen LogP contribution >= 0.6 is 12.2 Å². The predicted molar refractivity (Wildman–Crippen MR) is 76.4 cm³/mol. The third-order valence-electron chi connectivity index (χ3n) is 2.88. The number of aromatic nitrogens is 2. The van der Waals surface area contributed by atoms with Gasteiger partial charge in [0.15, 0.2) is 4.77 Å². The first-order chi connectivity index (χ1) is 8.38. The van der Waals surface area contributed by atoms with E-state index in [0.29, 0.717) is 10.3 Å². The maximum atomic E-state index is 11.8. The third-order valence-corrected chi connectivity index (χ3v) is 3.10. The van der Waals surface area contributed by atoms with Crippen LogP contribution in [0.3, 0.4) is 0 Å². The van der Waals surface area contributed by atoms with Gasteiger partial charge in [-0.05, 0) is 28.8 Å². The molecule has 0 aliphatic carbocycles. The number of hydrogen-bond acceptors (Lipinski definition) is 2. The number of aromatic amines is 2. The van der Waals surface area contributed by atoms with E-state index in [0.717, 1.165) is 5.56 Å². The molecule has 2 N–H and O–H groups in total. The Bertz CT molecular complexity index is 660. The Morgan fingerprint density at radius 2 is 1.72 bits per heavy atom. The summed E-state index contributed by atoms with van der Waals surface area (Å²) >= 11 is 4.87. The zero-order valence-corrected chi connectivity index (χ0v) is 11.5. The lowest BCUT2D eigenvalue weighted by atomic mass is 9.86. The first kappa shape index (κ1) is 12.8. The normalized spacial score (nSPS) is 11.5. The van der Waals surface area contributed by atoms with Crippen molar-refractivity contribution in [1.29, 1.82) is 0 Å². The fraction of sp³-hybridized carbons (Fsp3) is 0.286. The van der Waals surface area contributed by atoms with Gasteiger partial charge in [-0.1, -0.05) is 45.0 Å². The van der Waals surface area contributed by atoms with Crippen molar-refractivity contribution in [2.75, 3.05) is 0 Å². The van der Waals surface area contributed by atoms with Gasteiger partial charge in [0, 0.05) is 6.20 Å². The molecular weight excluding hydrogens is 244 g/mol. The molecule has 0 saturated heterocycles. The topological polar surface area (TPSA) is 48.6 Å². The summed E-state index contributed by atoms with van der Waals surface area (Å²) in [4.78, 5) is 17.2. The van der Waals surface area contributed by atoms with Gasteiger partial charge in [-0.15, -0.1) is 0 Å². The summed E-state index contributed by atoms with van der Waals surface area (Å²) in [5.41, 5.74) is 2.68. The maximum Gasteiger partial charge on any atom is 0.259 e. The second-order valence-electron chi connectivity index (χ2n) is 5.31. The highest BCUT2D eigenvalue weighted by Gasteiger charge is 2.13. The second-order valence-corrected chi connectivity index (χ2v) is 5.72. The smallest absolute Gasteiger partial charge is 0.259 e. The van der Waals surface area contributed by atoms with Crippen molar-refractivity contribution in [3.63, 3.8) is 0 Å². The highest BCUT2D eigenvalue weighted by atomic mass is 32.1. The molecule has 1 aromatic heterocycles. The van der Waals surface area contributed by atoms with Gasteiger partial charge < -0.3 is 4.98 Å². The summed E-state index contributed by atoms with van der Waals surface area (Å²) < 4.78 is 0.343. The molecule has 0 atom stereocenters. The van der Waals surface area contributed by atoms with Crippen molar-refractivity contribution < 1.29 is 0 Å². The molecule has 0 saturated carbocycles. The average Bonchev–Trinajstić information content (AvgIpc) is 2.28. The molecule has 94 valence electrons. The number of rotatable bonds is 1. The van der Waals surface area contributed by atoms with Crippen LogP contribution in [0.2, 0.25) is 0 Å². The van der Waals surface area contributed by atoms with Crippen LogP contribution in [0.4, 0.5) is 0 Å². The Labute approximate surface area is 111 Å². The van der Waals surface area contributed by atoms with E-state index >= 15 is 0 Å². The lowest BCUT2D eigenvalue weighted by Crippen LogP contribution is -2.12. The molecule has 0 amide bonds. The van der Waals surface area contributed by atoms with E-state index in [1.54, 1.807) is 6.20 Å². The molecule has 0 unspecified atom stereocenters. The van der Waals surface area contributed by atoms with E-state index < -0.39 is 0 Å². The SMILES string of the molecule is CC(C)(C)c1ccc(-c2c[nH]c(=S)[nH]c2=O)cc1. The van der Waals surface area contributed by atoms with Crippen LogP contribution in [0.15, 0.2) is 35.3 Å². The standard InChI is InChI=1S/C14H16N2OS/c1-14(2,3)10-6-4-9(5-7-10)11-8-15-13(18)16-12(11)17/h4-8H,1-3H3,(H2,15,16,17,18). The van der Waals surface area contributed by atoms with Crippen molar-refractivity contribution in [3.8, 4) is 11.1 Å². The second kappa shape index (κ2) is 4.53. The molecule has 0 aliphatic rings. The monoisotopic (exact) mass is 260 g/mol. The molecule has 0 radical (unpaired) electrons. The Kier molecular flexibility index (Phi) is 3.22. The lowest BCUT2D eigenvalue weighted by Gasteiger charge is -2.19. The van der Waals surface area contributed by atoms with Crippen LogP contribution in [0.1, 0.15) is 26.3 Å². The Balaban J connectivity index is 2.47. The highest BCUT2D eigenvalue weighted by Crippen LogP contribution is 2.24.